The highest BCUT2D eigenvalue weighted by atomic mass is 79.9. The van der Waals surface area contributed by atoms with E-state index in [4.69, 9.17) is 9.47 Å². The van der Waals surface area contributed by atoms with E-state index in [1.165, 1.54) is 0 Å². The van der Waals surface area contributed by atoms with Crippen molar-refractivity contribution < 1.29 is 14.6 Å². The van der Waals surface area contributed by atoms with Gasteiger partial charge in [-0.15, -0.1) is 0 Å². The molecule has 4 heteroatoms. The standard InChI is InChI=1S/C6H12BrO3/c1-9-5(3-4-8)6(7)10-2/h5-6H,3-4H2,1-2H3. The van der Waals surface area contributed by atoms with Crippen LogP contribution >= 0.6 is 15.9 Å². The highest BCUT2D eigenvalue weighted by Gasteiger charge is 2.16. The molecular formula is C6H12BrO3. The zero-order chi connectivity index (χ0) is 7.98. The Bertz CT molecular complexity index is 79.4. The van der Waals surface area contributed by atoms with Crippen LogP contribution in [0.3, 0.4) is 0 Å². The van der Waals surface area contributed by atoms with Crippen LogP contribution in [0.1, 0.15) is 6.42 Å². The highest BCUT2D eigenvalue weighted by Crippen LogP contribution is 2.12. The first-order valence-corrected chi connectivity index (χ1v) is 3.95. The van der Waals surface area contributed by atoms with Crippen molar-refractivity contribution in [1.82, 2.24) is 0 Å². The Hall–Kier alpha value is 0.360. The lowest BCUT2D eigenvalue weighted by molar-refractivity contribution is -0.00615. The van der Waals surface area contributed by atoms with Crippen LogP contribution in [0, 0.1) is 0 Å². The summed E-state index contributed by atoms with van der Waals surface area (Å²) < 4.78 is 9.88. The molecule has 0 fully saturated rings. The summed E-state index contributed by atoms with van der Waals surface area (Å²) in [6, 6.07) is 0. The number of halogens is 1. The van der Waals surface area contributed by atoms with E-state index in [2.05, 4.69) is 15.9 Å². The van der Waals surface area contributed by atoms with Crippen molar-refractivity contribution in [2.75, 3.05) is 20.8 Å². The molecule has 0 saturated carbocycles. The third kappa shape index (κ3) is 3.51. The first kappa shape index (κ1) is 10.4. The third-order valence-electron chi connectivity index (χ3n) is 1.22. The van der Waals surface area contributed by atoms with Gasteiger partial charge in [0.2, 0.25) is 0 Å². The summed E-state index contributed by atoms with van der Waals surface area (Å²) >= 11 is 3.22. The molecule has 0 aliphatic rings. The van der Waals surface area contributed by atoms with Gasteiger partial charge >= 0.3 is 0 Å². The molecule has 0 saturated heterocycles. The van der Waals surface area contributed by atoms with Gasteiger partial charge in [-0.1, -0.05) is 15.9 Å². The van der Waals surface area contributed by atoms with Crippen LogP contribution in [0.5, 0.6) is 0 Å². The second-order valence-electron chi connectivity index (χ2n) is 1.85. The molecule has 2 unspecified atom stereocenters. The van der Waals surface area contributed by atoms with E-state index in [1.807, 2.05) is 0 Å². The smallest absolute Gasteiger partial charge is 0.138 e. The van der Waals surface area contributed by atoms with E-state index in [0.717, 1.165) is 0 Å². The number of rotatable bonds is 5. The van der Waals surface area contributed by atoms with Gasteiger partial charge in [0.1, 0.15) is 5.01 Å². The zero-order valence-electron chi connectivity index (χ0n) is 6.17. The first-order chi connectivity index (χ1) is 4.76. The Morgan fingerprint density at radius 1 is 1.40 bits per heavy atom. The van der Waals surface area contributed by atoms with Crippen molar-refractivity contribution in [2.45, 2.75) is 17.5 Å². The van der Waals surface area contributed by atoms with Crippen LogP contribution in [0.2, 0.25) is 0 Å². The molecule has 0 heterocycles. The SMILES string of the molecule is COC(Br)C(CC[O])OC. The van der Waals surface area contributed by atoms with Crippen molar-refractivity contribution in [2.24, 2.45) is 0 Å². The maximum Gasteiger partial charge on any atom is 0.138 e. The normalized spacial score (nSPS) is 16.8. The molecule has 3 nitrogen and oxygen atoms in total. The van der Waals surface area contributed by atoms with E-state index in [1.54, 1.807) is 14.2 Å². The topological polar surface area (TPSA) is 38.4 Å². The second kappa shape index (κ2) is 6.09. The minimum Gasteiger partial charge on any atom is -0.378 e. The number of alkyl halides is 1. The molecule has 0 aromatic carbocycles. The molecule has 0 aromatic heterocycles. The van der Waals surface area contributed by atoms with Gasteiger partial charge in [0.15, 0.2) is 0 Å². The molecule has 0 aromatic rings. The monoisotopic (exact) mass is 211 g/mol. The fourth-order valence-corrected chi connectivity index (χ4v) is 1.10. The summed E-state index contributed by atoms with van der Waals surface area (Å²) in [7, 11) is 3.13. The van der Waals surface area contributed by atoms with E-state index in [-0.39, 0.29) is 17.7 Å². The van der Waals surface area contributed by atoms with Gasteiger partial charge < -0.3 is 9.47 Å². The van der Waals surface area contributed by atoms with Gasteiger partial charge in [0, 0.05) is 20.6 Å². The summed E-state index contributed by atoms with van der Waals surface area (Å²) in [5.74, 6) is 0. The molecule has 2 atom stereocenters. The predicted octanol–water partition coefficient (Wildman–Crippen LogP) is 1.19. The van der Waals surface area contributed by atoms with Gasteiger partial charge in [-0.2, -0.15) is 0 Å². The Morgan fingerprint density at radius 2 is 2.00 bits per heavy atom. The van der Waals surface area contributed by atoms with Crippen LogP contribution in [0.4, 0.5) is 0 Å². The van der Waals surface area contributed by atoms with Gasteiger partial charge in [-0.3, -0.25) is 0 Å². The predicted molar refractivity (Wildman–Crippen MR) is 40.7 cm³/mol. The maximum atomic E-state index is 10.2. The molecule has 0 aliphatic carbocycles. The van der Waals surface area contributed by atoms with Crippen LogP contribution in [-0.4, -0.2) is 31.9 Å². The van der Waals surface area contributed by atoms with Gasteiger partial charge in [-0.05, 0) is 0 Å². The van der Waals surface area contributed by atoms with Crippen LogP contribution in [-0.2, 0) is 14.6 Å². The molecular weight excluding hydrogens is 200 g/mol. The van der Waals surface area contributed by atoms with Crippen LogP contribution in [0.15, 0.2) is 0 Å². The minimum absolute atomic E-state index is 0.135. The van der Waals surface area contributed by atoms with E-state index in [9.17, 15) is 5.11 Å². The Labute approximate surface area is 69.5 Å². The van der Waals surface area contributed by atoms with Gasteiger partial charge in [0.05, 0.1) is 12.7 Å². The maximum absolute atomic E-state index is 10.2. The number of methoxy groups -OCH3 is 2. The fourth-order valence-electron chi connectivity index (χ4n) is 0.624. The summed E-state index contributed by atoms with van der Waals surface area (Å²) in [5, 5.41) is 9.99. The molecule has 0 amide bonds. The lowest BCUT2D eigenvalue weighted by Crippen LogP contribution is -2.25. The summed E-state index contributed by atoms with van der Waals surface area (Å²) in [4.78, 5) is 0. The molecule has 0 rings (SSSR count). The fraction of sp³-hybridized carbons (Fsp3) is 1.00. The molecule has 61 valence electrons. The summed E-state index contributed by atoms with van der Waals surface area (Å²) in [5.41, 5.74) is 0. The summed E-state index contributed by atoms with van der Waals surface area (Å²) in [6.07, 6.45) is 0.336. The summed E-state index contributed by atoms with van der Waals surface area (Å²) in [6.45, 7) is -0.135. The van der Waals surface area contributed by atoms with Crippen molar-refractivity contribution in [3.05, 3.63) is 0 Å². The van der Waals surface area contributed by atoms with Gasteiger partial charge in [-0.25, -0.2) is 5.11 Å². The van der Waals surface area contributed by atoms with Crippen molar-refractivity contribution in [1.29, 1.82) is 0 Å². The molecule has 0 aliphatic heterocycles. The van der Waals surface area contributed by atoms with Crippen molar-refractivity contribution in [3.8, 4) is 0 Å². The van der Waals surface area contributed by atoms with E-state index < -0.39 is 0 Å². The quantitative estimate of drug-likeness (QED) is 0.642. The first-order valence-electron chi connectivity index (χ1n) is 3.04. The third-order valence-corrected chi connectivity index (χ3v) is 2.19. The number of hydrogen-bond acceptors (Lipinski definition) is 2. The van der Waals surface area contributed by atoms with E-state index >= 15 is 0 Å². The van der Waals surface area contributed by atoms with Crippen LogP contribution in [0.25, 0.3) is 0 Å². The van der Waals surface area contributed by atoms with E-state index in [0.29, 0.717) is 6.42 Å². The Morgan fingerprint density at radius 3 is 2.30 bits per heavy atom. The average Bonchev–Trinajstić information content (AvgIpc) is 1.99. The van der Waals surface area contributed by atoms with Crippen LogP contribution < -0.4 is 0 Å². The number of ether oxygens (including phenoxy) is 2. The highest BCUT2D eigenvalue weighted by molar-refractivity contribution is 9.09. The molecule has 1 radical (unpaired) electrons. The molecule has 0 spiro atoms. The lowest BCUT2D eigenvalue weighted by Gasteiger charge is -2.17. The molecule has 0 bridgehead atoms. The Balaban J connectivity index is 3.56. The zero-order valence-corrected chi connectivity index (χ0v) is 7.76. The largest absolute Gasteiger partial charge is 0.378 e. The minimum atomic E-state index is -0.175. The van der Waals surface area contributed by atoms with Gasteiger partial charge in [0.25, 0.3) is 0 Å². The Kier molecular flexibility index (Phi) is 6.31. The molecule has 10 heavy (non-hydrogen) atoms. The molecule has 0 N–H and O–H groups in total. The number of hydrogen-bond donors (Lipinski definition) is 0. The second-order valence-corrected chi connectivity index (χ2v) is 2.76. The van der Waals surface area contributed by atoms with Crippen molar-refractivity contribution in [3.63, 3.8) is 0 Å². The average molecular weight is 212 g/mol. The lowest BCUT2D eigenvalue weighted by atomic mass is 10.3. The van der Waals surface area contributed by atoms with Crippen molar-refractivity contribution >= 4 is 15.9 Å².